The van der Waals surface area contributed by atoms with Crippen molar-refractivity contribution in [2.24, 2.45) is 0 Å². The number of amides is 2. The van der Waals surface area contributed by atoms with Crippen LogP contribution in [0.2, 0.25) is 0 Å². The number of nitrogens with zero attached hydrogens (tertiary/aromatic N) is 2. The summed E-state index contributed by atoms with van der Waals surface area (Å²) in [5, 5.41) is 0. The lowest BCUT2D eigenvalue weighted by Gasteiger charge is -2.11. The van der Waals surface area contributed by atoms with Gasteiger partial charge >= 0.3 is 6.09 Å². The van der Waals surface area contributed by atoms with E-state index in [-0.39, 0.29) is 11.7 Å². The van der Waals surface area contributed by atoms with Crippen molar-refractivity contribution in [3.05, 3.63) is 35.6 Å². The normalized spacial score (nSPS) is 16.0. The number of hydrogen-bond acceptors (Lipinski definition) is 4. The molecular formula is C19H26N2O3. The van der Waals surface area contributed by atoms with Crippen LogP contribution in [0.15, 0.2) is 30.0 Å². The quantitative estimate of drug-likeness (QED) is 0.533. The summed E-state index contributed by atoms with van der Waals surface area (Å²) in [4.78, 5) is 27.4. The lowest BCUT2D eigenvalue weighted by atomic mass is 10.1. The van der Waals surface area contributed by atoms with E-state index in [1.807, 2.05) is 43.3 Å². The second-order valence-electron chi connectivity index (χ2n) is 6.23. The van der Waals surface area contributed by atoms with E-state index in [1.54, 1.807) is 6.08 Å². The van der Waals surface area contributed by atoms with Crippen molar-refractivity contribution in [3.63, 3.8) is 0 Å². The molecule has 1 heterocycles. The Morgan fingerprint density at radius 1 is 1.04 bits per heavy atom. The van der Waals surface area contributed by atoms with E-state index < -0.39 is 6.09 Å². The van der Waals surface area contributed by atoms with Gasteiger partial charge in [-0.1, -0.05) is 44.7 Å². The van der Waals surface area contributed by atoms with Crippen LogP contribution in [-0.2, 0) is 9.53 Å². The number of rotatable bonds is 8. The van der Waals surface area contributed by atoms with Crippen molar-refractivity contribution in [1.82, 2.24) is 4.90 Å². The van der Waals surface area contributed by atoms with E-state index >= 15 is 0 Å². The Bertz CT molecular complexity index is 606. The van der Waals surface area contributed by atoms with Crippen LogP contribution in [0.4, 0.5) is 10.5 Å². The van der Waals surface area contributed by atoms with Gasteiger partial charge in [-0.05, 0) is 30.2 Å². The molecule has 24 heavy (non-hydrogen) atoms. The van der Waals surface area contributed by atoms with Crippen LogP contribution in [0.25, 0.3) is 6.08 Å². The van der Waals surface area contributed by atoms with Crippen LogP contribution in [0.5, 0.6) is 0 Å². The second-order valence-corrected chi connectivity index (χ2v) is 6.23. The van der Waals surface area contributed by atoms with Gasteiger partial charge in [-0.25, -0.2) is 9.69 Å². The van der Waals surface area contributed by atoms with Crippen molar-refractivity contribution in [2.75, 3.05) is 25.5 Å². The molecule has 1 aromatic carbocycles. The highest BCUT2D eigenvalue weighted by Crippen LogP contribution is 2.21. The summed E-state index contributed by atoms with van der Waals surface area (Å²) in [5.74, 6) is -0.238. The molecule has 5 heteroatoms. The third-order valence-corrected chi connectivity index (χ3v) is 4.07. The zero-order chi connectivity index (χ0) is 17.5. The van der Waals surface area contributed by atoms with Crippen LogP contribution in [-0.4, -0.2) is 37.5 Å². The summed E-state index contributed by atoms with van der Waals surface area (Å²) in [6, 6.07) is 7.71. The first-order valence-corrected chi connectivity index (χ1v) is 8.55. The minimum Gasteiger partial charge on any atom is -0.404 e. The van der Waals surface area contributed by atoms with Gasteiger partial charge in [0.15, 0.2) is 5.76 Å². The second kappa shape index (κ2) is 8.52. The molecule has 1 aromatic rings. The van der Waals surface area contributed by atoms with E-state index in [4.69, 9.17) is 4.74 Å². The number of carbonyl (C=O) groups excluding carboxylic acids is 2. The first-order chi connectivity index (χ1) is 11.5. The fourth-order valence-electron chi connectivity index (χ4n) is 2.59. The van der Waals surface area contributed by atoms with Crippen LogP contribution in [0, 0.1) is 0 Å². The van der Waals surface area contributed by atoms with E-state index in [2.05, 4.69) is 6.92 Å². The molecule has 5 nitrogen and oxygen atoms in total. The smallest absolute Gasteiger partial charge is 0.404 e. The molecule has 0 N–H and O–H groups in total. The van der Waals surface area contributed by atoms with Gasteiger partial charge in [0.2, 0.25) is 0 Å². The molecule has 1 aliphatic heterocycles. The summed E-state index contributed by atoms with van der Waals surface area (Å²) in [6.45, 7) is 2.59. The highest BCUT2D eigenvalue weighted by atomic mass is 16.6. The van der Waals surface area contributed by atoms with Gasteiger partial charge in [-0.15, -0.1) is 0 Å². The number of cyclic esters (lactones) is 1. The van der Waals surface area contributed by atoms with Gasteiger partial charge in [0.1, 0.15) is 0 Å². The van der Waals surface area contributed by atoms with Crippen molar-refractivity contribution in [2.45, 2.75) is 39.0 Å². The maximum Gasteiger partial charge on any atom is 0.422 e. The number of hydrogen-bond donors (Lipinski definition) is 0. The number of imide groups is 1. The molecule has 0 aliphatic carbocycles. The Morgan fingerprint density at radius 2 is 1.71 bits per heavy atom. The Labute approximate surface area is 143 Å². The number of carbonyl (C=O) groups is 2. The molecule has 0 unspecified atom stereocenters. The Morgan fingerprint density at radius 3 is 2.33 bits per heavy atom. The minimum atomic E-state index is -0.563. The minimum absolute atomic E-state index is 0.103. The summed E-state index contributed by atoms with van der Waals surface area (Å²) < 4.78 is 5.13. The van der Waals surface area contributed by atoms with Gasteiger partial charge in [-0.3, -0.25) is 4.79 Å². The highest BCUT2D eigenvalue weighted by Gasteiger charge is 2.35. The van der Waals surface area contributed by atoms with Crippen molar-refractivity contribution < 1.29 is 14.3 Å². The van der Waals surface area contributed by atoms with Crippen molar-refractivity contribution >= 4 is 23.8 Å². The molecule has 0 aromatic heterocycles. The van der Waals surface area contributed by atoms with E-state index in [9.17, 15) is 9.59 Å². The molecule has 2 amide bonds. The van der Waals surface area contributed by atoms with Crippen LogP contribution < -0.4 is 4.90 Å². The number of unbranched alkanes of at least 4 members (excludes halogenated alkanes) is 4. The molecular weight excluding hydrogens is 304 g/mol. The predicted octanol–water partition coefficient (Wildman–Crippen LogP) is 4.04. The molecule has 1 saturated heterocycles. The molecule has 2 rings (SSSR count). The average Bonchev–Trinajstić information content (AvgIpc) is 2.82. The van der Waals surface area contributed by atoms with Gasteiger partial charge in [0.05, 0.1) is 0 Å². The fraction of sp³-hybridized carbons (Fsp3) is 0.474. The van der Waals surface area contributed by atoms with Gasteiger partial charge < -0.3 is 9.64 Å². The third kappa shape index (κ3) is 4.60. The number of ether oxygens (including phenoxy) is 1. The summed E-state index contributed by atoms with van der Waals surface area (Å²) in [6.07, 6.45) is 6.40. The van der Waals surface area contributed by atoms with E-state index in [0.717, 1.165) is 30.5 Å². The Kier molecular flexibility index (Phi) is 6.41. The molecule has 0 atom stereocenters. The van der Waals surface area contributed by atoms with Gasteiger partial charge in [0, 0.05) is 26.3 Å². The standard InChI is InChI=1S/C19H26N2O3/c1-4-5-6-7-8-13-21-18(22)17(24-19(21)23)14-15-9-11-16(12-10-15)20(2)3/h9-12,14H,4-8,13H2,1-3H3/b17-14+. The van der Waals surface area contributed by atoms with Crippen LogP contribution in [0.3, 0.4) is 0 Å². The Hall–Kier alpha value is -2.30. The summed E-state index contributed by atoms with van der Waals surface area (Å²) in [5.41, 5.74) is 1.90. The molecule has 1 fully saturated rings. The summed E-state index contributed by atoms with van der Waals surface area (Å²) in [7, 11) is 3.93. The predicted molar refractivity (Wildman–Crippen MR) is 95.7 cm³/mol. The van der Waals surface area contributed by atoms with E-state index in [0.29, 0.717) is 6.54 Å². The molecule has 130 valence electrons. The molecule has 0 saturated carbocycles. The lowest BCUT2D eigenvalue weighted by molar-refractivity contribution is -0.123. The van der Waals surface area contributed by atoms with Gasteiger partial charge in [-0.2, -0.15) is 0 Å². The number of anilines is 1. The van der Waals surface area contributed by atoms with E-state index in [1.165, 1.54) is 17.7 Å². The summed E-state index contributed by atoms with van der Waals surface area (Å²) >= 11 is 0. The Balaban J connectivity index is 1.97. The van der Waals surface area contributed by atoms with Crippen molar-refractivity contribution in [3.8, 4) is 0 Å². The largest absolute Gasteiger partial charge is 0.422 e. The van der Waals surface area contributed by atoms with Crippen LogP contribution >= 0.6 is 0 Å². The molecule has 0 radical (unpaired) electrons. The molecule has 0 spiro atoms. The third-order valence-electron chi connectivity index (χ3n) is 4.07. The van der Waals surface area contributed by atoms with Gasteiger partial charge in [0.25, 0.3) is 5.91 Å². The fourth-order valence-corrected chi connectivity index (χ4v) is 2.59. The van der Waals surface area contributed by atoms with Crippen LogP contribution in [0.1, 0.15) is 44.6 Å². The lowest BCUT2D eigenvalue weighted by Crippen LogP contribution is -2.29. The molecule has 0 bridgehead atoms. The zero-order valence-electron chi connectivity index (χ0n) is 14.7. The topological polar surface area (TPSA) is 49.9 Å². The maximum absolute atomic E-state index is 12.3. The van der Waals surface area contributed by atoms with Crippen molar-refractivity contribution in [1.29, 1.82) is 0 Å². The number of benzene rings is 1. The maximum atomic E-state index is 12.3. The monoisotopic (exact) mass is 330 g/mol. The first-order valence-electron chi connectivity index (χ1n) is 8.55. The highest BCUT2D eigenvalue weighted by molar-refractivity contribution is 6.09. The molecule has 1 aliphatic rings. The first kappa shape index (κ1) is 18.0. The SMILES string of the molecule is CCCCCCCN1C(=O)O/C(=C/c2ccc(N(C)C)cc2)C1=O. The average molecular weight is 330 g/mol. The zero-order valence-corrected chi connectivity index (χ0v) is 14.7.